The Hall–Kier alpha value is -3.81. The van der Waals surface area contributed by atoms with Crippen LogP contribution >= 0.6 is 23.2 Å². The van der Waals surface area contributed by atoms with E-state index in [1.807, 2.05) is 30.3 Å². The van der Waals surface area contributed by atoms with Gasteiger partial charge in [-0.1, -0.05) is 65.7 Å². The van der Waals surface area contributed by atoms with E-state index in [0.29, 0.717) is 22.0 Å². The second-order valence-electron chi connectivity index (χ2n) is 7.72. The van der Waals surface area contributed by atoms with Gasteiger partial charge in [0, 0.05) is 17.8 Å². The molecule has 0 aromatic heterocycles. The summed E-state index contributed by atoms with van der Waals surface area (Å²) >= 11 is 12.3. The lowest BCUT2D eigenvalue weighted by Crippen LogP contribution is -2.33. The zero-order valence-corrected chi connectivity index (χ0v) is 20.2. The molecule has 0 saturated carbocycles. The maximum absolute atomic E-state index is 12.8. The highest BCUT2D eigenvalue weighted by molar-refractivity contribution is 6.47. The van der Waals surface area contributed by atoms with Crippen molar-refractivity contribution < 1.29 is 19.1 Å². The van der Waals surface area contributed by atoms with E-state index in [1.54, 1.807) is 42.5 Å². The molecule has 0 atom stereocenters. The molecule has 0 saturated heterocycles. The van der Waals surface area contributed by atoms with Crippen molar-refractivity contribution in [2.75, 3.05) is 12.4 Å². The third-order valence-corrected chi connectivity index (χ3v) is 6.04. The Morgan fingerprint density at radius 3 is 2.29 bits per heavy atom. The molecule has 2 N–H and O–H groups in total. The Morgan fingerprint density at radius 2 is 1.63 bits per heavy atom. The number of rotatable bonds is 8. The number of benzene rings is 3. The molecule has 1 heterocycles. The number of amides is 3. The first kappa shape index (κ1) is 24.3. The summed E-state index contributed by atoms with van der Waals surface area (Å²) in [7, 11) is 1.52. The van der Waals surface area contributed by atoms with E-state index in [2.05, 4.69) is 10.6 Å². The van der Waals surface area contributed by atoms with Gasteiger partial charge in [0.05, 0.1) is 18.7 Å². The van der Waals surface area contributed by atoms with Crippen molar-refractivity contribution >= 4 is 46.6 Å². The van der Waals surface area contributed by atoms with Crippen LogP contribution in [0.3, 0.4) is 0 Å². The maximum atomic E-state index is 12.8. The van der Waals surface area contributed by atoms with Gasteiger partial charge in [0.25, 0.3) is 17.7 Å². The molecule has 0 bridgehead atoms. The predicted octanol–water partition coefficient (Wildman–Crippen LogP) is 4.71. The maximum Gasteiger partial charge on any atom is 0.278 e. The Balaban J connectivity index is 1.36. The molecular formula is C26H21Cl2N3O4. The monoisotopic (exact) mass is 509 g/mol. The number of halogens is 2. The predicted molar refractivity (Wildman–Crippen MR) is 134 cm³/mol. The van der Waals surface area contributed by atoms with Gasteiger partial charge in [0.15, 0.2) is 0 Å². The Bertz CT molecular complexity index is 1310. The normalized spacial score (nSPS) is 13.3. The zero-order valence-electron chi connectivity index (χ0n) is 18.7. The highest BCUT2D eigenvalue weighted by Crippen LogP contribution is 2.27. The molecule has 3 aromatic rings. The zero-order chi connectivity index (χ0) is 24.9. The molecule has 4 rings (SSSR count). The van der Waals surface area contributed by atoms with Crippen molar-refractivity contribution in [2.24, 2.45) is 0 Å². The fraction of sp³-hybridized carbons (Fsp3) is 0.115. The van der Waals surface area contributed by atoms with Crippen LogP contribution in [-0.2, 0) is 22.7 Å². The summed E-state index contributed by atoms with van der Waals surface area (Å²) in [4.78, 5) is 38.9. The number of ether oxygens (including phenoxy) is 1. The van der Waals surface area contributed by atoms with Crippen LogP contribution in [0, 0.1) is 0 Å². The van der Waals surface area contributed by atoms with E-state index >= 15 is 0 Å². The number of carbonyl (C=O) groups excluding carboxylic acids is 3. The summed E-state index contributed by atoms with van der Waals surface area (Å²) in [5, 5.41) is 5.99. The number of carbonyl (C=O) groups is 3. The number of nitrogens with zero attached hydrogens (tertiary/aromatic N) is 1. The van der Waals surface area contributed by atoms with Crippen LogP contribution in [0.1, 0.15) is 21.5 Å². The van der Waals surface area contributed by atoms with Crippen LogP contribution in [0.15, 0.2) is 83.5 Å². The lowest BCUT2D eigenvalue weighted by molar-refractivity contribution is -0.138. The van der Waals surface area contributed by atoms with Gasteiger partial charge >= 0.3 is 0 Å². The average Bonchev–Trinajstić information content (AvgIpc) is 3.06. The molecule has 0 aliphatic carbocycles. The summed E-state index contributed by atoms with van der Waals surface area (Å²) in [6, 6.07) is 21.0. The second-order valence-corrected chi connectivity index (χ2v) is 8.51. The molecule has 1 aliphatic rings. The lowest BCUT2D eigenvalue weighted by Gasteiger charge is -2.15. The quantitative estimate of drug-likeness (QED) is 0.429. The van der Waals surface area contributed by atoms with Crippen LogP contribution in [0.2, 0.25) is 5.02 Å². The summed E-state index contributed by atoms with van der Waals surface area (Å²) in [6.07, 6.45) is 0. The minimum Gasteiger partial charge on any atom is -0.495 e. The van der Waals surface area contributed by atoms with E-state index in [0.717, 1.165) is 16.0 Å². The average molecular weight is 510 g/mol. The first-order valence-corrected chi connectivity index (χ1v) is 11.4. The van der Waals surface area contributed by atoms with Crippen LogP contribution in [0.5, 0.6) is 5.75 Å². The molecule has 178 valence electrons. The number of hydrogen-bond acceptors (Lipinski definition) is 5. The molecule has 9 heteroatoms. The fourth-order valence-electron chi connectivity index (χ4n) is 3.52. The topological polar surface area (TPSA) is 87.7 Å². The third-order valence-electron chi connectivity index (χ3n) is 5.39. The highest BCUT2D eigenvalue weighted by atomic mass is 35.5. The largest absolute Gasteiger partial charge is 0.495 e. The number of hydrogen-bond donors (Lipinski definition) is 2. The van der Waals surface area contributed by atoms with Gasteiger partial charge in [-0.3, -0.25) is 19.3 Å². The van der Waals surface area contributed by atoms with Crippen LogP contribution in [0.25, 0.3) is 0 Å². The third kappa shape index (κ3) is 5.48. The molecule has 3 amide bonds. The standard InChI is InChI=1S/C26H21Cl2N3O4/c1-35-21-12-11-19(13-20(21)27)30-24(32)18-9-7-16(8-10-18)14-29-23-22(28)25(33)31(26(23)34)15-17-5-3-2-4-6-17/h2-13,29H,14-15H2,1H3,(H,30,32). The fourth-order valence-corrected chi connectivity index (χ4v) is 4.03. The lowest BCUT2D eigenvalue weighted by atomic mass is 10.1. The van der Waals surface area contributed by atoms with Gasteiger partial charge in [-0.15, -0.1) is 0 Å². The summed E-state index contributed by atoms with van der Waals surface area (Å²) in [5.74, 6) is -0.793. The molecule has 0 unspecified atom stereocenters. The van der Waals surface area contributed by atoms with Crippen molar-refractivity contribution in [3.05, 3.63) is 105 Å². The van der Waals surface area contributed by atoms with E-state index in [4.69, 9.17) is 27.9 Å². The van der Waals surface area contributed by atoms with Crippen molar-refractivity contribution in [3.8, 4) is 5.75 Å². The number of nitrogens with one attached hydrogen (secondary N) is 2. The summed E-state index contributed by atoms with van der Waals surface area (Å²) in [5.41, 5.74) is 2.67. The van der Waals surface area contributed by atoms with Crippen LogP contribution in [-0.4, -0.2) is 29.7 Å². The Labute approximate surface area is 212 Å². The SMILES string of the molecule is COc1ccc(NC(=O)c2ccc(CNC3=C(Cl)C(=O)N(Cc4ccccc4)C3=O)cc2)cc1Cl. The van der Waals surface area contributed by atoms with Gasteiger partial charge < -0.3 is 15.4 Å². The molecule has 35 heavy (non-hydrogen) atoms. The Morgan fingerprint density at radius 1 is 0.914 bits per heavy atom. The van der Waals surface area contributed by atoms with Gasteiger partial charge in [-0.2, -0.15) is 0 Å². The van der Waals surface area contributed by atoms with E-state index in [9.17, 15) is 14.4 Å². The summed E-state index contributed by atoms with van der Waals surface area (Å²) in [6.45, 7) is 0.392. The highest BCUT2D eigenvalue weighted by Gasteiger charge is 2.37. The second kappa shape index (κ2) is 10.6. The van der Waals surface area contributed by atoms with Crippen molar-refractivity contribution in [2.45, 2.75) is 13.1 Å². The molecule has 3 aromatic carbocycles. The first-order chi connectivity index (χ1) is 16.9. The van der Waals surface area contributed by atoms with Gasteiger partial charge in [0.1, 0.15) is 16.5 Å². The minimum absolute atomic E-state index is 0.0609. The molecule has 0 fully saturated rings. The molecule has 0 spiro atoms. The van der Waals surface area contributed by atoms with Crippen molar-refractivity contribution in [3.63, 3.8) is 0 Å². The van der Waals surface area contributed by atoms with Gasteiger partial charge in [0.2, 0.25) is 0 Å². The Kier molecular flexibility index (Phi) is 7.39. The van der Waals surface area contributed by atoms with E-state index < -0.39 is 11.8 Å². The van der Waals surface area contributed by atoms with Crippen LogP contribution in [0.4, 0.5) is 5.69 Å². The van der Waals surface area contributed by atoms with E-state index in [-0.39, 0.29) is 29.7 Å². The van der Waals surface area contributed by atoms with Crippen LogP contribution < -0.4 is 15.4 Å². The first-order valence-electron chi connectivity index (χ1n) is 10.6. The van der Waals surface area contributed by atoms with Crippen molar-refractivity contribution in [1.82, 2.24) is 10.2 Å². The number of anilines is 1. The summed E-state index contributed by atoms with van der Waals surface area (Å²) < 4.78 is 5.11. The van der Waals surface area contributed by atoms with Gasteiger partial charge in [-0.05, 0) is 41.5 Å². The number of imide groups is 1. The smallest absolute Gasteiger partial charge is 0.278 e. The minimum atomic E-state index is -0.534. The van der Waals surface area contributed by atoms with E-state index in [1.165, 1.54) is 7.11 Å². The van der Waals surface area contributed by atoms with Crippen molar-refractivity contribution in [1.29, 1.82) is 0 Å². The molecule has 0 radical (unpaired) electrons. The molecular weight excluding hydrogens is 489 g/mol. The molecule has 1 aliphatic heterocycles. The molecule has 7 nitrogen and oxygen atoms in total. The number of methoxy groups -OCH3 is 1. The van der Waals surface area contributed by atoms with Gasteiger partial charge in [-0.25, -0.2) is 0 Å².